The van der Waals surface area contributed by atoms with Crippen molar-refractivity contribution in [2.24, 2.45) is 5.92 Å². The Balaban J connectivity index is 1.79. The molecule has 130 valence electrons. The lowest BCUT2D eigenvalue weighted by Crippen LogP contribution is -2.46. The molecule has 0 bridgehead atoms. The van der Waals surface area contributed by atoms with Crippen molar-refractivity contribution in [3.05, 3.63) is 65.7 Å². The molecule has 1 aliphatic heterocycles. The summed E-state index contributed by atoms with van der Waals surface area (Å²) in [5.74, 6) is -0.970. The van der Waals surface area contributed by atoms with Crippen molar-refractivity contribution in [3.8, 4) is 0 Å². The Hall–Kier alpha value is -2.76. The Kier molecular flexibility index (Phi) is 5.07. The second-order valence-corrected chi connectivity index (χ2v) is 6.23. The van der Waals surface area contributed by atoms with Gasteiger partial charge in [0.05, 0.1) is 12.0 Å². The van der Waals surface area contributed by atoms with Gasteiger partial charge in [-0.3, -0.25) is 14.6 Å². The van der Waals surface area contributed by atoms with Gasteiger partial charge in [-0.1, -0.05) is 18.2 Å². The Morgan fingerprint density at radius 1 is 1.36 bits per heavy atom. The molecule has 2 unspecified atom stereocenters. The second kappa shape index (κ2) is 7.42. The number of halogens is 1. The molecule has 3 rings (SSSR count). The van der Waals surface area contributed by atoms with E-state index in [2.05, 4.69) is 10.3 Å². The lowest BCUT2D eigenvalue weighted by molar-refractivity contribution is -0.141. The van der Waals surface area contributed by atoms with Gasteiger partial charge in [-0.05, 0) is 35.7 Å². The molecule has 1 aromatic heterocycles. The molecule has 0 aliphatic carbocycles. The summed E-state index contributed by atoms with van der Waals surface area (Å²) in [7, 11) is 1.67. The predicted molar refractivity (Wildman–Crippen MR) is 90.7 cm³/mol. The van der Waals surface area contributed by atoms with Crippen LogP contribution in [0.3, 0.4) is 0 Å². The van der Waals surface area contributed by atoms with E-state index in [1.165, 1.54) is 12.1 Å². The number of piperidine rings is 1. The maximum absolute atomic E-state index is 13.6. The summed E-state index contributed by atoms with van der Waals surface area (Å²) in [5.41, 5.74) is 1.54. The van der Waals surface area contributed by atoms with Crippen LogP contribution in [0.2, 0.25) is 0 Å². The first-order valence-corrected chi connectivity index (χ1v) is 8.24. The molecule has 1 aliphatic rings. The van der Waals surface area contributed by atoms with Crippen LogP contribution in [0, 0.1) is 11.7 Å². The van der Waals surface area contributed by atoms with E-state index >= 15 is 0 Å². The fourth-order valence-corrected chi connectivity index (χ4v) is 3.28. The molecule has 2 atom stereocenters. The molecular weight excluding hydrogens is 321 g/mol. The van der Waals surface area contributed by atoms with Crippen molar-refractivity contribution in [2.45, 2.75) is 25.4 Å². The quantitative estimate of drug-likeness (QED) is 0.929. The van der Waals surface area contributed by atoms with Crippen molar-refractivity contribution in [1.29, 1.82) is 0 Å². The van der Waals surface area contributed by atoms with E-state index in [0.29, 0.717) is 24.9 Å². The molecule has 6 heteroatoms. The van der Waals surface area contributed by atoms with Crippen LogP contribution < -0.4 is 5.32 Å². The smallest absolute Gasteiger partial charge is 0.225 e. The lowest BCUT2D eigenvalue weighted by atomic mass is 9.84. The minimum atomic E-state index is -0.467. The average Bonchev–Trinajstić information content (AvgIpc) is 2.62. The maximum Gasteiger partial charge on any atom is 0.225 e. The summed E-state index contributed by atoms with van der Waals surface area (Å²) >= 11 is 0. The lowest BCUT2D eigenvalue weighted by Gasteiger charge is -2.38. The molecule has 1 fully saturated rings. The van der Waals surface area contributed by atoms with Gasteiger partial charge in [0.15, 0.2) is 0 Å². The standard InChI is InChI=1S/C19H20FN3O2/c1-23-17(24)8-7-16(18(23)14-5-2-6-15(20)10-14)19(25)22-12-13-4-3-9-21-11-13/h2-6,9-11,16,18H,7-8,12H2,1H3,(H,22,25). The van der Waals surface area contributed by atoms with E-state index in [1.807, 2.05) is 12.1 Å². The van der Waals surface area contributed by atoms with Crippen molar-refractivity contribution in [3.63, 3.8) is 0 Å². The van der Waals surface area contributed by atoms with Crippen molar-refractivity contribution in [2.75, 3.05) is 7.05 Å². The summed E-state index contributed by atoms with van der Waals surface area (Å²) in [6.07, 6.45) is 4.13. The van der Waals surface area contributed by atoms with Gasteiger partial charge in [0.1, 0.15) is 5.82 Å². The van der Waals surface area contributed by atoms with Crippen LogP contribution in [0.25, 0.3) is 0 Å². The number of hydrogen-bond acceptors (Lipinski definition) is 3. The number of amides is 2. The second-order valence-electron chi connectivity index (χ2n) is 6.23. The molecular formula is C19H20FN3O2. The molecule has 0 radical (unpaired) electrons. The highest BCUT2D eigenvalue weighted by Crippen LogP contribution is 2.36. The number of nitrogens with one attached hydrogen (secondary N) is 1. The maximum atomic E-state index is 13.6. The molecule has 2 aromatic rings. The van der Waals surface area contributed by atoms with E-state index in [4.69, 9.17) is 0 Å². The van der Waals surface area contributed by atoms with Crippen LogP contribution in [-0.2, 0) is 16.1 Å². The highest BCUT2D eigenvalue weighted by atomic mass is 19.1. The molecule has 2 amide bonds. The first-order chi connectivity index (χ1) is 12.1. The number of carbonyl (C=O) groups excluding carboxylic acids is 2. The predicted octanol–water partition coefficient (Wildman–Crippen LogP) is 2.45. The van der Waals surface area contributed by atoms with Gasteiger partial charge in [0, 0.05) is 32.4 Å². The number of nitrogens with zero attached hydrogens (tertiary/aromatic N) is 2. The van der Waals surface area contributed by atoms with Crippen LogP contribution in [0.4, 0.5) is 4.39 Å². The third-order valence-electron chi connectivity index (χ3n) is 4.58. The number of pyridine rings is 1. The van der Waals surface area contributed by atoms with Crippen molar-refractivity contribution < 1.29 is 14.0 Å². The molecule has 25 heavy (non-hydrogen) atoms. The number of likely N-dealkylation sites (tertiary alicyclic amines) is 1. The molecule has 1 aromatic carbocycles. The molecule has 0 spiro atoms. The molecule has 2 heterocycles. The average molecular weight is 341 g/mol. The largest absolute Gasteiger partial charge is 0.352 e. The zero-order chi connectivity index (χ0) is 17.8. The fourth-order valence-electron chi connectivity index (χ4n) is 3.28. The molecule has 1 saturated heterocycles. The molecule has 5 nitrogen and oxygen atoms in total. The van der Waals surface area contributed by atoms with Gasteiger partial charge < -0.3 is 10.2 Å². The van der Waals surface area contributed by atoms with Crippen molar-refractivity contribution >= 4 is 11.8 Å². The Bertz CT molecular complexity index is 766. The molecule has 0 saturated carbocycles. The highest BCUT2D eigenvalue weighted by molar-refractivity contribution is 5.84. The minimum Gasteiger partial charge on any atom is -0.352 e. The number of rotatable bonds is 4. The van der Waals surface area contributed by atoms with Gasteiger partial charge in [0.2, 0.25) is 11.8 Å². The van der Waals surface area contributed by atoms with Gasteiger partial charge in [-0.25, -0.2) is 4.39 Å². The van der Waals surface area contributed by atoms with Crippen LogP contribution >= 0.6 is 0 Å². The van der Waals surface area contributed by atoms with Crippen LogP contribution in [0.1, 0.15) is 30.0 Å². The minimum absolute atomic E-state index is 0.0365. The number of hydrogen-bond donors (Lipinski definition) is 1. The normalized spacial score (nSPS) is 20.4. The van der Waals surface area contributed by atoms with E-state index in [9.17, 15) is 14.0 Å². The van der Waals surface area contributed by atoms with E-state index < -0.39 is 12.0 Å². The number of benzene rings is 1. The third-order valence-corrected chi connectivity index (χ3v) is 4.58. The molecule has 1 N–H and O–H groups in total. The van der Waals surface area contributed by atoms with E-state index in [1.54, 1.807) is 36.5 Å². The van der Waals surface area contributed by atoms with Gasteiger partial charge in [-0.2, -0.15) is 0 Å². The summed E-state index contributed by atoms with van der Waals surface area (Å²) in [6, 6.07) is 9.32. The fraction of sp³-hybridized carbons (Fsp3) is 0.316. The van der Waals surface area contributed by atoms with Gasteiger partial charge in [0.25, 0.3) is 0 Å². The van der Waals surface area contributed by atoms with Crippen LogP contribution in [0.5, 0.6) is 0 Å². The monoisotopic (exact) mass is 341 g/mol. The summed E-state index contributed by atoms with van der Waals surface area (Å²) < 4.78 is 13.6. The number of carbonyl (C=O) groups is 2. The van der Waals surface area contributed by atoms with Gasteiger partial charge >= 0.3 is 0 Å². The third kappa shape index (κ3) is 3.84. The van der Waals surface area contributed by atoms with Gasteiger partial charge in [-0.15, -0.1) is 0 Å². The zero-order valence-electron chi connectivity index (χ0n) is 14.0. The Morgan fingerprint density at radius 3 is 2.92 bits per heavy atom. The van der Waals surface area contributed by atoms with Crippen LogP contribution in [0.15, 0.2) is 48.8 Å². The summed E-state index contributed by atoms with van der Waals surface area (Å²) in [5, 5.41) is 2.91. The summed E-state index contributed by atoms with van der Waals surface area (Å²) in [4.78, 5) is 30.4. The first-order valence-electron chi connectivity index (χ1n) is 8.24. The van der Waals surface area contributed by atoms with Crippen LogP contribution in [-0.4, -0.2) is 28.7 Å². The Morgan fingerprint density at radius 2 is 2.20 bits per heavy atom. The van der Waals surface area contributed by atoms with Crippen molar-refractivity contribution in [1.82, 2.24) is 15.2 Å². The summed E-state index contributed by atoms with van der Waals surface area (Å²) in [6.45, 7) is 0.372. The zero-order valence-corrected chi connectivity index (χ0v) is 14.0. The van der Waals surface area contributed by atoms with E-state index in [0.717, 1.165) is 5.56 Å². The first kappa shape index (κ1) is 17.1. The Labute approximate surface area is 145 Å². The highest BCUT2D eigenvalue weighted by Gasteiger charge is 2.38. The number of aromatic nitrogens is 1. The SMILES string of the molecule is CN1C(=O)CCC(C(=O)NCc2cccnc2)C1c1cccc(F)c1. The topological polar surface area (TPSA) is 62.3 Å². The van der Waals surface area contributed by atoms with E-state index in [-0.39, 0.29) is 17.6 Å².